The van der Waals surface area contributed by atoms with Crippen LogP contribution in [0.1, 0.15) is 41.6 Å². The van der Waals surface area contributed by atoms with Crippen LogP contribution in [0.25, 0.3) is 0 Å². The van der Waals surface area contributed by atoms with Crippen molar-refractivity contribution >= 4 is 52.6 Å². The molecule has 3 N–H and O–H groups in total. The molecular formula is C36H30ClFN2O10. The number of aromatic hydroxyl groups is 2. The molecule has 12 nitrogen and oxygen atoms in total. The van der Waals surface area contributed by atoms with Crippen LogP contribution < -0.4 is 19.3 Å². The third kappa shape index (κ3) is 4.52. The molecule has 2 saturated heterocycles. The highest BCUT2D eigenvalue weighted by atomic mass is 35.5. The molecule has 3 fully saturated rings. The zero-order valence-corrected chi connectivity index (χ0v) is 27.6. The van der Waals surface area contributed by atoms with Crippen LogP contribution in [0.5, 0.6) is 23.0 Å². The molecule has 0 aromatic heterocycles. The number of nitrogens with zero attached hydrogens (tertiary/aromatic N) is 2. The third-order valence-electron chi connectivity index (χ3n) is 10.7. The maximum absolute atomic E-state index is 14.6. The Morgan fingerprint density at radius 3 is 2.14 bits per heavy atom. The summed E-state index contributed by atoms with van der Waals surface area (Å²) in [5.74, 6) is -9.70. The van der Waals surface area contributed by atoms with Crippen molar-refractivity contribution in [2.75, 3.05) is 24.0 Å². The number of carbonyl (C=O) groups is 5. The minimum atomic E-state index is -1.47. The summed E-state index contributed by atoms with van der Waals surface area (Å²) < 4.78 is 25.0. The molecule has 2 aliphatic heterocycles. The number of amides is 4. The monoisotopic (exact) mass is 704 g/mol. The standard InChI is InChI=1S/C36H30ClFN2O10/c1-36-22(32(44)40(35(36)48)16-5-9-24(38)23(37)12-16)14-21-18(29(36)15-10-26(49-2)30(42)27(11-15)50-3)7-8-20-28(21)33(45)39(31(20)43)17-4-6-19(34(46)47)25(41)13-17/h4-7,9-13,20-22,28-29,41-42H,8,14H2,1-3H3,(H,46,47). The normalized spacial score (nSPS) is 27.1. The van der Waals surface area contributed by atoms with Crippen molar-refractivity contribution in [1.82, 2.24) is 0 Å². The van der Waals surface area contributed by atoms with E-state index in [1.54, 1.807) is 6.92 Å². The highest BCUT2D eigenvalue weighted by molar-refractivity contribution is 6.32. The summed E-state index contributed by atoms with van der Waals surface area (Å²) in [5, 5.41) is 30.2. The lowest BCUT2D eigenvalue weighted by Gasteiger charge is -2.49. The van der Waals surface area contributed by atoms with Crippen molar-refractivity contribution in [2.45, 2.75) is 25.7 Å². The van der Waals surface area contributed by atoms with Crippen molar-refractivity contribution in [1.29, 1.82) is 0 Å². The summed E-state index contributed by atoms with van der Waals surface area (Å²) in [6, 6.07) is 10.0. The number of imide groups is 2. The number of fused-ring (bicyclic) bond motifs is 4. The molecule has 2 aliphatic carbocycles. The van der Waals surface area contributed by atoms with Gasteiger partial charge in [-0.1, -0.05) is 23.3 Å². The molecule has 4 aliphatic rings. The number of benzene rings is 3. The first-order valence-electron chi connectivity index (χ1n) is 15.7. The van der Waals surface area contributed by atoms with E-state index < -0.39 is 81.7 Å². The smallest absolute Gasteiger partial charge is 0.339 e. The molecule has 7 rings (SSSR count). The quantitative estimate of drug-likeness (QED) is 0.233. The zero-order valence-electron chi connectivity index (χ0n) is 26.8. The van der Waals surface area contributed by atoms with Gasteiger partial charge in [0.1, 0.15) is 17.1 Å². The summed E-state index contributed by atoms with van der Waals surface area (Å²) >= 11 is 6.07. The Kier molecular flexibility index (Phi) is 7.66. The Morgan fingerprint density at radius 2 is 1.54 bits per heavy atom. The predicted molar refractivity (Wildman–Crippen MR) is 175 cm³/mol. The number of ether oxygens (including phenoxy) is 2. The van der Waals surface area contributed by atoms with Gasteiger partial charge in [-0.2, -0.15) is 0 Å². The van der Waals surface area contributed by atoms with Gasteiger partial charge >= 0.3 is 5.97 Å². The fourth-order valence-electron chi connectivity index (χ4n) is 8.44. The molecule has 6 atom stereocenters. The summed E-state index contributed by atoms with van der Waals surface area (Å²) in [5.41, 5.74) is -0.730. The number of methoxy groups -OCH3 is 2. The lowest BCUT2D eigenvalue weighted by atomic mass is 9.51. The number of carboxylic acids is 1. The number of halogens is 2. The largest absolute Gasteiger partial charge is 0.507 e. The number of anilines is 2. The molecule has 14 heteroatoms. The average Bonchev–Trinajstić information content (AvgIpc) is 3.45. The topological polar surface area (TPSA) is 171 Å². The van der Waals surface area contributed by atoms with Crippen molar-refractivity contribution in [3.63, 3.8) is 0 Å². The zero-order chi connectivity index (χ0) is 36.0. The van der Waals surface area contributed by atoms with Crippen LogP contribution in [-0.2, 0) is 19.2 Å². The molecular weight excluding hydrogens is 675 g/mol. The summed E-state index contributed by atoms with van der Waals surface area (Å²) in [6.45, 7) is 1.66. The predicted octanol–water partition coefficient (Wildman–Crippen LogP) is 5.04. The van der Waals surface area contributed by atoms with E-state index in [1.807, 2.05) is 6.08 Å². The molecule has 0 spiro atoms. The molecule has 258 valence electrons. The first kappa shape index (κ1) is 33.1. The highest BCUT2D eigenvalue weighted by Crippen LogP contribution is 2.64. The Bertz CT molecular complexity index is 2060. The van der Waals surface area contributed by atoms with Gasteiger partial charge in [-0.15, -0.1) is 0 Å². The molecule has 3 aromatic rings. The second-order valence-corrected chi connectivity index (χ2v) is 13.5. The molecule has 0 bridgehead atoms. The fraction of sp³-hybridized carbons (Fsp3) is 0.306. The fourth-order valence-corrected chi connectivity index (χ4v) is 8.62. The van der Waals surface area contributed by atoms with Crippen LogP contribution in [0.3, 0.4) is 0 Å². The van der Waals surface area contributed by atoms with Gasteiger partial charge in [0.15, 0.2) is 11.5 Å². The number of phenolic OH excluding ortho intramolecular Hbond substituents is 1. The first-order chi connectivity index (χ1) is 23.7. The number of carbonyl (C=O) groups excluding carboxylic acids is 4. The number of phenols is 2. The van der Waals surface area contributed by atoms with Crippen LogP contribution in [0.4, 0.5) is 15.8 Å². The number of allylic oxidation sites excluding steroid dienone is 2. The van der Waals surface area contributed by atoms with Crippen molar-refractivity contribution in [2.24, 2.45) is 29.1 Å². The number of carboxylic acid groups (broad SMARTS) is 1. The Hall–Kier alpha value is -5.43. The van der Waals surface area contributed by atoms with Crippen LogP contribution in [0, 0.1) is 34.9 Å². The van der Waals surface area contributed by atoms with Gasteiger partial charge < -0.3 is 24.8 Å². The van der Waals surface area contributed by atoms with Crippen molar-refractivity contribution in [3.8, 4) is 23.0 Å². The lowest BCUT2D eigenvalue weighted by Crippen LogP contribution is -2.48. The molecule has 2 heterocycles. The van der Waals surface area contributed by atoms with Crippen LogP contribution in [0.2, 0.25) is 5.02 Å². The van der Waals surface area contributed by atoms with E-state index in [1.165, 1.54) is 44.6 Å². The minimum absolute atomic E-state index is 0.00450. The van der Waals surface area contributed by atoms with Gasteiger partial charge in [-0.05, 0) is 73.7 Å². The van der Waals surface area contributed by atoms with Crippen LogP contribution in [0.15, 0.2) is 60.2 Å². The first-order valence-corrected chi connectivity index (χ1v) is 16.0. The molecule has 50 heavy (non-hydrogen) atoms. The van der Waals surface area contributed by atoms with Crippen molar-refractivity contribution < 1.29 is 53.2 Å². The van der Waals surface area contributed by atoms with Crippen LogP contribution in [-0.4, -0.2) is 59.1 Å². The molecule has 0 radical (unpaired) electrons. The minimum Gasteiger partial charge on any atom is -0.507 e. The average molecular weight is 705 g/mol. The number of rotatable bonds is 6. The number of hydrogen-bond acceptors (Lipinski definition) is 9. The second-order valence-electron chi connectivity index (χ2n) is 13.1. The van der Waals surface area contributed by atoms with E-state index in [9.17, 15) is 43.7 Å². The van der Waals surface area contributed by atoms with E-state index in [2.05, 4.69) is 0 Å². The van der Waals surface area contributed by atoms with E-state index in [0.29, 0.717) is 11.1 Å². The van der Waals surface area contributed by atoms with Gasteiger partial charge in [0, 0.05) is 12.0 Å². The maximum Gasteiger partial charge on any atom is 0.339 e. The molecule has 6 unspecified atom stereocenters. The maximum atomic E-state index is 14.6. The number of hydrogen-bond donors (Lipinski definition) is 3. The third-order valence-corrected chi connectivity index (χ3v) is 11.0. The Labute approximate surface area is 289 Å². The Balaban J connectivity index is 1.38. The highest BCUT2D eigenvalue weighted by Gasteiger charge is 2.67. The van der Waals surface area contributed by atoms with E-state index in [4.69, 9.17) is 21.1 Å². The van der Waals surface area contributed by atoms with Gasteiger partial charge in [0.2, 0.25) is 29.4 Å². The van der Waals surface area contributed by atoms with Gasteiger partial charge in [-0.3, -0.25) is 19.2 Å². The van der Waals surface area contributed by atoms with Gasteiger partial charge in [0.25, 0.3) is 0 Å². The Morgan fingerprint density at radius 1 is 0.900 bits per heavy atom. The van der Waals surface area contributed by atoms with Gasteiger partial charge in [0.05, 0.1) is 53.8 Å². The molecule has 3 aromatic carbocycles. The van der Waals surface area contributed by atoms with E-state index in [0.717, 1.165) is 28.0 Å². The molecule has 1 saturated carbocycles. The summed E-state index contributed by atoms with van der Waals surface area (Å²) in [7, 11) is 2.69. The van der Waals surface area contributed by atoms with Crippen molar-refractivity contribution in [3.05, 3.63) is 82.1 Å². The van der Waals surface area contributed by atoms with E-state index >= 15 is 0 Å². The lowest BCUT2D eigenvalue weighted by molar-refractivity contribution is -0.131. The number of aromatic carboxylic acids is 1. The summed E-state index contributed by atoms with van der Waals surface area (Å²) in [4.78, 5) is 70.5. The SMILES string of the molecule is COc1cc(C2C3=CCC4C(=O)N(c5ccc(C(=O)O)c(O)c5)C(=O)C4C3CC3C(=O)N(c4ccc(F)c(Cl)c4)C(=O)C32C)cc(OC)c1O. The second kappa shape index (κ2) is 11.6. The van der Waals surface area contributed by atoms with Crippen LogP contribution >= 0.6 is 11.6 Å². The summed E-state index contributed by atoms with van der Waals surface area (Å²) in [6.07, 6.45) is 1.94. The van der Waals surface area contributed by atoms with Gasteiger partial charge in [-0.25, -0.2) is 19.0 Å². The molecule has 4 amide bonds. The van der Waals surface area contributed by atoms with E-state index in [-0.39, 0.29) is 46.5 Å².